The Morgan fingerprint density at radius 1 is 0.974 bits per heavy atom. The molecule has 3 aromatic carbocycles. The predicted molar refractivity (Wildman–Crippen MR) is 160 cm³/mol. The van der Waals surface area contributed by atoms with Crippen molar-refractivity contribution in [3.05, 3.63) is 105 Å². The third-order valence-electron chi connectivity index (χ3n) is 7.31. The van der Waals surface area contributed by atoms with E-state index in [1.807, 2.05) is 47.0 Å². The molecule has 1 N–H and O–H groups in total. The molecule has 1 atom stereocenters. The van der Waals surface area contributed by atoms with E-state index in [-0.39, 0.29) is 36.3 Å². The van der Waals surface area contributed by atoms with E-state index >= 15 is 0 Å². The van der Waals surface area contributed by atoms with Gasteiger partial charge >= 0.3 is 11.8 Å². The summed E-state index contributed by atoms with van der Waals surface area (Å²) in [5.41, 5.74) is 4.09. The fourth-order valence-corrected chi connectivity index (χ4v) is 5.41. The molecule has 39 heavy (non-hydrogen) atoms. The first-order valence-corrected chi connectivity index (χ1v) is 13.9. The second-order valence-electron chi connectivity index (χ2n) is 9.98. The zero-order valence-corrected chi connectivity index (χ0v) is 24.4. The van der Waals surface area contributed by atoms with Crippen molar-refractivity contribution in [3.8, 4) is 0 Å². The molecular weight excluding hydrogens is 580 g/mol. The largest absolute Gasteiger partial charge is 0.448 e. The zero-order valence-electron chi connectivity index (χ0n) is 22.0. The van der Waals surface area contributed by atoms with Crippen LogP contribution in [0.5, 0.6) is 0 Å². The normalized spacial score (nSPS) is 14.8. The number of imidazole rings is 1. The summed E-state index contributed by atoms with van der Waals surface area (Å²) in [6.07, 6.45) is 1.15. The van der Waals surface area contributed by atoms with Gasteiger partial charge < -0.3 is 14.6 Å². The van der Waals surface area contributed by atoms with Crippen molar-refractivity contribution in [2.75, 3.05) is 19.7 Å². The average Bonchev–Trinajstić information content (AvgIpc) is 3.28. The summed E-state index contributed by atoms with van der Waals surface area (Å²) in [5, 5.41) is 0. The van der Waals surface area contributed by atoms with E-state index in [0.717, 1.165) is 41.4 Å². The van der Waals surface area contributed by atoms with Gasteiger partial charge in [-0.25, -0.2) is 9.59 Å². The van der Waals surface area contributed by atoms with Gasteiger partial charge in [-0.05, 0) is 55.2 Å². The van der Waals surface area contributed by atoms with Crippen LogP contribution in [-0.4, -0.2) is 51.2 Å². The van der Waals surface area contributed by atoms with Gasteiger partial charge in [-0.1, -0.05) is 70.5 Å². The van der Waals surface area contributed by atoms with Gasteiger partial charge in [0.05, 0.1) is 11.0 Å². The molecular formula is C30H34BrClN4O3. The molecule has 0 spiro atoms. The summed E-state index contributed by atoms with van der Waals surface area (Å²) < 4.78 is 8.69. The monoisotopic (exact) mass is 612 g/mol. The minimum Gasteiger partial charge on any atom is -0.448 e. The SMILES string of the molecule is C[C@@H](COC(=O)N1CCC(n2c(=O)[nH]c3ccccc32)CC1)N(Cc1ccccc1)Cc1ccc(Br)cc1.Cl. The number of H-pyrrole nitrogens is 1. The number of aromatic amines is 1. The van der Waals surface area contributed by atoms with Gasteiger partial charge in [-0.15, -0.1) is 12.4 Å². The highest BCUT2D eigenvalue weighted by Gasteiger charge is 2.27. The first-order chi connectivity index (χ1) is 18.5. The van der Waals surface area contributed by atoms with Crippen LogP contribution >= 0.6 is 28.3 Å². The van der Waals surface area contributed by atoms with Gasteiger partial charge in [0.1, 0.15) is 6.61 Å². The second-order valence-corrected chi connectivity index (χ2v) is 10.9. The Morgan fingerprint density at radius 2 is 1.59 bits per heavy atom. The van der Waals surface area contributed by atoms with E-state index in [9.17, 15) is 9.59 Å². The number of likely N-dealkylation sites (tertiary alicyclic amines) is 1. The molecule has 0 radical (unpaired) electrons. The highest BCUT2D eigenvalue weighted by molar-refractivity contribution is 9.10. The molecule has 1 aliphatic heterocycles. The number of nitrogens with zero attached hydrogens (tertiary/aromatic N) is 3. The number of fused-ring (bicyclic) bond motifs is 1. The molecule has 2 heterocycles. The van der Waals surface area contributed by atoms with Crippen LogP contribution in [0.25, 0.3) is 11.0 Å². The maximum Gasteiger partial charge on any atom is 0.409 e. The Hall–Kier alpha value is -3.07. The molecule has 7 nitrogen and oxygen atoms in total. The van der Waals surface area contributed by atoms with Crippen molar-refractivity contribution in [1.82, 2.24) is 19.4 Å². The number of hydrogen-bond acceptors (Lipinski definition) is 4. The Morgan fingerprint density at radius 3 is 2.28 bits per heavy atom. The minimum absolute atomic E-state index is 0. The number of carbonyl (C=O) groups is 1. The molecule has 0 saturated carbocycles. The van der Waals surface area contributed by atoms with Crippen LogP contribution in [-0.2, 0) is 17.8 Å². The van der Waals surface area contributed by atoms with Crippen molar-refractivity contribution >= 4 is 45.5 Å². The number of para-hydroxylation sites is 2. The molecule has 9 heteroatoms. The van der Waals surface area contributed by atoms with Crippen molar-refractivity contribution in [1.29, 1.82) is 0 Å². The molecule has 1 fully saturated rings. The Labute approximate surface area is 243 Å². The summed E-state index contributed by atoms with van der Waals surface area (Å²) in [6.45, 7) is 5.06. The number of rotatable bonds is 8. The number of hydrogen-bond donors (Lipinski definition) is 1. The fourth-order valence-electron chi connectivity index (χ4n) is 5.14. The Kier molecular flexibility index (Phi) is 9.88. The van der Waals surface area contributed by atoms with Crippen molar-refractivity contribution in [2.24, 2.45) is 0 Å². The third kappa shape index (κ3) is 7.12. The minimum atomic E-state index is -0.287. The van der Waals surface area contributed by atoms with E-state index in [4.69, 9.17) is 4.74 Å². The van der Waals surface area contributed by atoms with Gasteiger partial charge in [0.15, 0.2) is 0 Å². The van der Waals surface area contributed by atoms with Crippen molar-refractivity contribution < 1.29 is 9.53 Å². The smallest absolute Gasteiger partial charge is 0.409 e. The van der Waals surface area contributed by atoms with Crippen LogP contribution < -0.4 is 5.69 Å². The number of aromatic nitrogens is 2. The number of halogens is 2. The zero-order chi connectivity index (χ0) is 26.5. The van der Waals surface area contributed by atoms with E-state index in [0.29, 0.717) is 19.7 Å². The second kappa shape index (κ2) is 13.3. The number of ether oxygens (including phenoxy) is 1. The third-order valence-corrected chi connectivity index (χ3v) is 7.84. The number of amides is 1. The molecule has 0 bridgehead atoms. The molecule has 206 valence electrons. The molecule has 4 aromatic rings. The first-order valence-electron chi connectivity index (χ1n) is 13.1. The first kappa shape index (κ1) is 28.9. The van der Waals surface area contributed by atoms with Crippen LogP contribution in [0.3, 0.4) is 0 Å². The van der Waals surface area contributed by atoms with E-state index < -0.39 is 0 Å². The molecule has 1 amide bonds. The lowest BCUT2D eigenvalue weighted by molar-refractivity contribution is 0.0567. The maximum atomic E-state index is 13.0. The van der Waals surface area contributed by atoms with Crippen LogP contribution in [0.2, 0.25) is 0 Å². The lowest BCUT2D eigenvalue weighted by Gasteiger charge is -2.33. The summed E-state index contributed by atoms with van der Waals surface area (Å²) in [6, 6.07) is 26.5. The summed E-state index contributed by atoms with van der Waals surface area (Å²) in [5.74, 6) is 0. The quantitative estimate of drug-likeness (QED) is 0.250. The van der Waals surface area contributed by atoms with Crippen LogP contribution in [0, 0.1) is 0 Å². The lowest BCUT2D eigenvalue weighted by Crippen LogP contribution is -2.42. The number of nitrogens with one attached hydrogen (secondary N) is 1. The summed E-state index contributed by atoms with van der Waals surface area (Å²) in [4.78, 5) is 32.6. The topological polar surface area (TPSA) is 70.6 Å². The average molecular weight is 614 g/mol. The number of carbonyl (C=O) groups excluding carboxylic acids is 1. The predicted octanol–water partition coefficient (Wildman–Crippen LogP) is 6.38. The van der Waals surface area contributed by atoms with Gasteiger partial charge in [0.25, 0.3) is 0 Å². The maximum absolute atomic E-state index is 13.0. The highest BCUT2D eigenvalue weighted by atomic mass is 79.9. The number of benzene rings is 3. The Bertz CT molecular complexity index is 1420. The Balaban J connectivity index is 0.00000353. The molecule has 1 aromatic heterocycles. The standard InChI is InChI=1S/C30H33BrN4O3.ClH/c1-22(34(19-23-7-3-2-4-8-23)20-24-11-13-25(31)14-12-24)21-38-30(37)33-17-15-26(16-18-33)35-28-10-6-5-9-27(28)32-29(35)36;/h2-14,22,26H,15-21H2,1H3,(H,32,36);1H/t22-;/m0./s1. The number of piperidine rings is 1. The van der Waals surface area contributed by atoms with E-state index in [1.165, 1.54) is 11.1 Å². The van der Waals surface area contributed by atoms with Crippen molar-refractivity contribution in [3.63, 3.8) is 0 Å². The molecule has 0 unspecified atom stereocenters. The van der Waals surface area contributed by atoms with Crippen molar-refractivity contribution in [2.45, 2.75) is 44.9 Å². The van der Waals surface area contributed by atoms with E-state index in [1.54, 1.807) is 4.90 Å². The molecule has 1 aliphatic rings. The summed E-state index contributed by atoms with van der Waals surface area (Å²) >= 11 is 3.51. The van der Waals surface area contributed by atoms with Gasteiger partial charge in [-0.3, -0.25) is 9.47 Å². The fraction of sp³-hybridized carbons (Fsp3) is 0.333. The van der Waals surface area contributed by atoms with Crippen LogP contribution in [0.1, 0.15) is 36.9 Å². The summed E-state index contributed by atoms with van der Waals surface area (Å²) in [7, 11) is 0. The van der Waals surface area contributed by atoms with Gasteiger partial charge in [0.2, 0.25) is 0 Å². The van der Waals surface area contributed by atoms with Crippen LogP contribution in [0.15, 0.2) is 88.1 Å². The molecule has 0 aliphatic carbocycles. The van der Waals surface area contributed by atoms with Crippen LogP contribution in [0.4, 0.5) is 4.79 Å². The molecule has 5 rings (SSSR count). The highest BCUT2D eigenvalue weighted by Crippen LogP contribution is 2.25. The lowest BCUT2D eigenvalue weighted by atomic mass is 10.0. The van der Waals surface area contributed by atoms with Gasteiger partial charge in [0, 0.05) is 42.7 Å². The molecule has 1 saturated heterocycles. The van der Waals surface area contributed by atoms with Gasteiger partial charge in [-0.2, -0.15) is 0 Å². The van der Waals surface area contributed by atoms with E-state index in [2.05, 4.69) is 69.1 Å².